The molecule has 3 nitrogen and oxygen atoms in total. The van der Waals surface area contributed by atoms with Gasteiger partial charge in [0, 0.05) is 12.7 Å². The second-order valence-corrected chi connectivity index (χ2v) is 7.88. The zero-order chi connectivity index (χ0) is 14.0. The minimum Gasteiger partial charge on any atom is -0.490 e. The van der Waals surface area contributed by atoms with Gasteiger partial charge < -0.3 is 4.74 Å². The molecular formula is C15H22O3S. The predicted molar refractivity (Wildman–Crippen MR) is 77.4 cm³/mol. The first-order valence-electron chi connectivity index (χ1n) is 6.79. The Kier molecular flexibility index (Phi) is 4.19. The monoisotopic (exact) mass is 282 g/mol. The zero-order valence-electron chi connectivity index (χ0n) is 11.8. The van der Waals surface area contributed by atoms with E-state index in [1.165, 1.54) is 11.8 Å². The van der Waals surface area contributed by atoms with Crippen molar-refractivity contribution in [3.63, 3.8) is 0 Å². The Morgan fingerprint density at radius 1 is 1.21 bits per heavy atom. The molecule has 4 heteroatoms. The molecule has 2 unspecified atom stereocenters. The fourth-order valence-corrected chi connectivity index (χ4v) is 3.79. The molecule has 0 aromatic heterocycles. The molecule has 1 aromatic rings. The molecule has 1 aromatic carbocycles. The summed E-state index contributed by atoms with van der Waals surface area (Å²) in [5.41, 5.74) is 2.34. The molecule has 19 heavy (non-hydrogen) atoms. The van der Waals surface area contributed by atoms with E-state index in [2.05, 4.69) is 13.0 Å². The molecule has 1 aliphatic rings. The maximum Gasteiger partial charge on any atom is 0.150 e. The molecule has 0 aliphatic heterocycles. The van der Waals surface area contributed by atoms with Gasteiger partial charge in [0.25, 0.3) is 0 Å². The summed E-state index contributed by atoms with van der Waals surface area (Å²) in [5, 5.41) is -0.239. The first kappa shape index (κ1) is 14.4. The van der Waals surface area contributed by atoms with Gasteiger partial charge in [0.2, 0.25) is 0 Å². The quantitative estimate of drug-likeness (QED) is 0.856. The molecule has 1 saturated carbocycles. The van der Waals surface area contributed by atoms with Crippen LogP contribution in [-0.4, -0.2) is 26.0 Å². The van der Waals surface area contributed by atoms with Gasteiger partial charge in [0.05, 0.1) is 11.4 Å². The van der Waals surface area contributed by atoms with Crippen LogP contribution in [0.25, 0.3) is 0 Å². The van der Waals surface area contributed by atoms with Gasteiger partial charge in [-0.15, -0.1) is 0 Å². The third kappa shape index (κ3) is 3.50. The van der Waals surface area contributed by atoms with Crippen LogP contribution in [0.2, 0.25) is 0 Å². The summed E-state index contributed by atoms with van der Waals surface area (Å²) in [4.78, 5) is 0. The molecule has 0 N–H and O–H groups in total. The Hall–Kier alpha value is -1.03. The number of rotatable bonds is 3. The molecule has 106 valence electrons. The number of sulfone groups is 1. The Morgan fingerprint density at radius 2 is 1.95 bits per heavy atom. The van der Waals surface area contributed by atoms with Crippen molar-refractivity contribution in [3.8, 4) is 5.75 Å². The summed E-state index contributed by atoms with van der Waals surface area (Å²) in [5.74, 6) is 0.888. The van der Waals surface area contributed by atoms with Crippen LogP contribution in [0.4, 0.5) is 0 Å². The van der Waals surface area contributed by atoms with Gasteiger partial charge in [-0.05, 0) is 50.3 Å². The van der Waals surface area contributed by atoms with E-state index in [1.807, 2.05) is 19.1 Å². The normalized spacial score (nSPS) is 24.2. The van der Waals surface area contributed by atoms with E-state index in [0.29, 0.717) is 6.42 Å². The van der Waals surface area contributed by atoms with Crippen LogP contribution < -0.4 is 4.74 Å². The standard InChI is InChI=1S/C15H22O3S/c1-11-6-4-9-15(12(11)2)18-13-7-5-8-14(10-13)19(3,16)17/h4,6,9,13-14H,5,7-8,10H2,1-3H3. The molecule has 0 saturated heterocycles. The molecule has 0 amide bonds. The van der Waals surface area contributed by atoms with Crippen molar-refractivity contribution in [1.29, 1.82) is 0 Å². The minimum absolute atomic E-state index is 0.0222. The molecular weight excluding hydrogens is 260 g/mol. The molecule has 1 aliphatic carbocycles. The summed E-state index contributed by atoms with van der Waals surface area (Å²) < 4.78 is 29.3. The lowest BCUT2D eigenvalue weighted by Gasteiger charge is -2.29. The maximum atomic E-state index is 11.6. The lowest BCUT2D eigenvalue weighted by atomic mass is 9.97. The van der Waals surface area contributed by atoms with E-state index in [4.69, 9.17) is 4.74 Å². The average Bonchev–Trinajstić information content (AvgIpc) is 2.34. The highest BCUT2D eigenvalue weighted by Crippen LogP contribution is 2.29. The van der Waals surface area contributed by atoms with Crippen molar-refractivity contribution in [1.82, 2.24) is 0 Å². The second kappa shape index (κ2) is 5.53. The zero-order valence-corrected chi connectivity index (χ0v) is 12.7. The summed E-state index contributed by atoms with van der Waals surface area (Å²) in [6, 6.07) is 6.00. The smallest absolute Gasteiger partial charge is 0.150 e. The molecule has 0 radical (unpaired) electrons. The first-order chi connectivity index (χ1) is 8.88. The summed E-state index contributed by atoms with van der Waals surface area (Å²) in [7, 11) is -2.95. The van der Waals surface area contributed by atoms with Gasteiger partial charge >= 0.3 is 0 Å². The largest absolute Gasteiger partial charge is 0.490 e. The van der Waals surface area contributed by atoms with Gasteiger partial charge in [-0.1, -0.05) is 12.1 Å². The molecule has 0 spiro atoms. The van der Waals surface area contributed by atoms with E-state index < -0.39 is 9.84 Å². The fraction of sp³-hybridized carbons (Fsp3) is 0.600. The molecule has 0 bridgehead atoms. The van der Waals surface area contributed by atoms with Crippen LogP contribution in [-0.2, 0) is 9.84 Å². The average molecular weight is 282 g/mol. The van der Waals surface area contributed by atoms with Crippen LogP contribution in [0, 0.1) is 13.8 Å². The summed E-state index contributed by atoms with van der Waals surface area (Å²) >= 11 is 0. The van der Waals surface area contributed by atoms with Crippen molar-refractivity contribution in [2.24, 2.45) is 0 Å². The number of aryl methyl sites for hydroxylation is 1. The summed E-state index contributed by atoms with van der Waals surface area (Å²) in [6.07, 6.45) is 4.61. The van der Waals surface area contributed by atoms with Gasteiger partial charge in [-0.3, -0.25) is 0 Å². The Balaban J connectivity index is 2.09. The highest BCUT2D eigenvalue weighted by atomic mass is 32.2. The van der Waals surface area contributed by atoms with Crippen molar-refractivity contribution in [2.75, 3.05) is 6.26 Å². The number of hydrogen-bond acceptors (Lipinski definition) is 3. The predicted octanol–water partition coefficient (Wildman–Crippen LogP) is 3.04. The Labute approximate surface area is 115 Å². The third-order valence-corrected chi connectivity index (χ3v) is 5.67. The van der Waals surface area contributed by atoms with Crippen LogP contribution in [0.5, 0.6) is 5.75 Å². The SMILES string of the molecule is Cc1cccc(OC2CCCC(S(C)(=O)=O)C2)c1C. The van der Waals surface area contributed by atoms with Gasteiger partial charge in [0.1, 0.15) is 15.6 Å². The minimum atomic E-state index is -2.95. The highest BCUT2D eigenvalue weighted by Gasteiger charge is 2.30. The lowest BCUT2D eigenvalue weighted by molar-refractivity contribution is 0.155. The summed E-state index contributed by atoms with van der Waals surface area (Å²) in [6.45, 7) is 4.10. The Bertz CT molecular complexity index is 549. The molecule has 0 heterocycles. The van der Waals surface area contributed by atoms with Crippen molar-refractivity contribution in [2.45, 2.75) is 50.9 Å². The highest BCUT2D eigenvalue weighted by molar-refractivity contribution is 7.91. The third-order valence-electron chi connectivity index (χ3n) is 4.03. The second-order valence-electron chi connectivity index (χ2n) is 5.56. The first-order valence-corrected chi connectivity index (χ1v) is 8.75. The van der Waals surface area contributed by atoms with Crippen molar-refractivity contribution < 1.29 is 13.2 Å². The van der Waals surface area contributed by atoms with Crippen LogP contribution in [0.15, 0.2) is 18.2 Å². The van der Waals surface area contributed by atoms with Gasteiger partial charge in [0.15, 0.2) is 0 Å². The maximum absolute atomic E-state index is 11.6. The van der Waals surface area contributed by atoms with Crippen molar-refractivity contribution in [3.05, 3.63) is 29.3 Å². The van der Waals surface area contributed by atoms with E-state index in [9.17, 15) is 8.42 Å². The van der Waals surface area contributed by atoms with Gasteiger partial charge in [-0.25, -0.2) is 8.42 Å². The molecule has 1 fully saturated rings. The molecule has 2 rings (SSSR count). The van der Waals surface area contributed by atoms with E-state index in [-0.39, 0.29) is 11.4 Å². The van der Waals surface area contributed by atoms with E-state index >= 15 is 0 Å². The van der Waals surface area contributed by atoms with Crippen LogP contribution in [0.1, 0.15) is 36.8 Å². The number of hydrogen-bond donors (Lipinski definition) is 0. The molecule has 2 atom stereocenters. The van der Waals surface area contributed by atoms with E-state index in [0.717, 1.165) is 30.6 Å². The van der Waals surface area contributed by atoms with Crippen LogP contribution in [0.3, 0.4) is 0 Å². The lowest BCUT2D eigenvalue weighted by Crippen LogP contribution is -2.33. The van der Waals surface area contributed by atoms with Crippen LogP contribution >= 0.6 is 0 Å². The topological polar surface area (TPSA) is 43.4 Å². The fourth-order valence-electron chi connectivity index (χ4n) is 2.63. The Morgan fingerprint density at radius 3 is 2.63 bits per heavy atom. The number of ether oxygens (including phenoxy) is 1. The number of benzene rings is 1. The van der Waals surface area contributed by atoms with Gasteiger partial charge in [-0.2, -0.15) is 0 Å². The van der Waals surface area contributed by atoms with E-state index in [1.54, 1.807) is 0 Å². The van der Waals surface area contributed by atoms with Crippen molar-refractivity contribution >= 4 is 9.84 Å².